The Balaban J connectivity index is 1.47. The molecule has 2 amide bonds. The molecule has 4 aromatic rings. The van der Waals surface area contributed by atoms with Crippen molar-refractivity contribution in [3.63, 3.8) is 0 Å². The van der Waals surface area contributed by atoms with E-state index in [4.69, 9.17) is 4.98 Å². The first-order valence-electron chi connectivity index (χ1n) is 12.7. The van der Waals surface area contributed by atoms with Gasteiger partial charge in [0, 0.05) is 18.0 Å². The highest BCUT2D eigenvalue weighted by molar-refractivity contribution is 7.18. The molecule has 184 valence electrons. The zero-order valence-electron chi connectivity index (χ0n) is 20.7. The lowest BCUT2D eigenvalue weighted by Gasteiger charge is -2.29. The first-order valence-corrected chi connectivity index (χ1v) is 13.5. The summed E-state index contributed by atoms with van der Waals surface area (Å²) in [5.74, 6) is -0.315. The van der Waals surface area contributed by atoms with E-state index in [1.807, 2.05) is 67.3 Å². The number of carbonyl (C=O) groups excluding carboxylic acids is 2. The molecule has 3 aromatic carbocycles. The summed E-state index contributed by atoms with van der Waals surface area (Å²) < 4.78 is 1.12. The molecule has 1 aliphatic rings. The maximum Gasteiger partial charge on any atom is 0.250 e. The lowest BCUT2D eigenvalue weighted by molar-refractivity contribution is -0.138. The van der Waals surface area contributed by atoms with Crippen LogP contribution in [0.1, 0.15) is 55.8 Å². The number of likely N-dealkylation sites (tertiary alicyclic amines) is 1. The second kappa shape index (κ2) is 10.6. The van der Waals surface area contributed by atoms with Gasteiger partial charge < -0.3 is 10.2 Å². The predicted molar refractivity (Wildman–Crippen MR) is 146 cm³/mol. The second-order valence-electron chi connectivity index (χ2n) is 9.42. The molecule has 0 spiro atoms. The molecule has 0 bridgehead atoms. The van der Waals surface area contributed by atoms with Crippen molar-refractivity contribution in [2.75, 3.05) is 6.54 Å². The fraction of sp³-hybridized carbons (Fsp3) is 0.300. The van der Waals surface area contributed by atoms with Crippen LogP contribution in [0.3, 0.4) is 0 Å². The van der Waals surface area contributed by atoms with Crippen molar-refractivity contribution in [1.82, 2.24) is 15.2 Å². The van der Waals surface area contributed by atoms with E-state index in [0.717, 1.165) is 51.2 Å². The molecule has 5 nitrogen and oxygen atoms in total. The summed E-state index contributed by atoms with van der Waals surface area (Å²) in [6, 6.07) is 25.3. The number of hydrogen-bond donors (Lipinski definition) is 1. The topological polar surface area (TPSA) is 62.3 Å². The van der Waals surface area contributed by atoms with Gasteiger partial charge in [0.25, 0.3) is 0 Å². The van der Waals surface area contributed by atoms with Crippen molar-refractivity contribution in [2.24, 2.45) is 5.92 Å². The van der Waals surface area contributed by atoms with E-state index < -0.39 is 6.04 Å². The molecule has 36 heavy (non-hydrogen) atoms. The smallest absolute Gasteiger partial charge is 0.250 e. The third kappa shape index (κ3) is 4.78. The van der Waals surface area contributed by atoms with Crippen LogP contribution >= 0.6 is 11.3 Å². The fourth-order valence-corrected chi connectivity index (χ4v) is 5.96. The van der Waals surface area contributed by atoms with Gasteiger partial charge in [-0.15, -0.1) is 11.3 Å². The Hall–Kier alpha value is -3.51. The van der Waals surface area contributed by atoms with Gasteiger partial charge >= 0.3 is 0 Å². The van der Waals surface area contributed by atoms with Crippen molar-refractivity contribution < 1.29 is 9.59 Å². The minimum atomic E-state index is -0.706. The predicted octanol–water partition coefficient (Wildman–Crippen LogP) is 6.53. The normalized spacial score (nSPS) is 17.2. The van der Waals surface area contributed by atoms with E-state index in [0.29, 0.717) is 6.54 Å². The first-order chi connectivity index (χ1) is 17.6. The summed E-state index contributed by atoms with van der Waals surface area (Å²) in [7, 11) is 0. The van der Waals surface area contributed by atoms with Gasteiger partial charge in [-0.05, 0) is 36.5 Å². The van der Waals surface area contributed by atoms with Gasteiger partial charge in [0.2, 0.25) is 11.8 Å². The number of nitrogens with one attached hydrogen (secondary N) is 1. The van der Waals surface area contributed by atoms with Crippen molar-refractivity contribution in [2.45, 2.75) is 45.2 Å². The van der Waals surface area contributed by atoms with Crippen molar-refractivity contribution in [3.8, 4) is 11.1 Å². The molecular formula is C30H31N3O2S. The van der Waals surface area contributed by atoms with Crippen LogP contribution in [0.2, 0.25) is 0 Å². The first kappa shape index (κ1) is 24.2. The Morgan fingerprint density at radius 3 is 2.47 bits per heavy atom. The Kier molecular flexibility index (Phi) is 7.14. The molecule has 0 aliphatic carbocycles. The molecule has 0 unspecified atom stereocenters. The van der Waals surface area contributed by atoms with Crippen molar-refractivity contribution >= 4 is 33.4 Å². The number of rotatable bonds is 7. The van der Waals surface area contributed by atoms with Gasteiger partial charge in [-0.1, -0.05) is 86.6 Å². The highest BCUT2D eigenvalue weighted by Gasteiger charge is 2.37. The zero-order chi connectivity index (χ0) is 25.1. The molecule has 5 rings (SSSR count). The molecule has 2 heterocycles. The molecular weight excluding hydrogens is 466 g/mol. The standard InChI is InChI=1S/C30H31N3O2S/c1-3-20(2)28(34)31-26(22-14-8-5-9-15-22)30(35)33-19-11-17-24(33)29-32-27-23(16-10-18-25(27)36-29)21-12-6-4-7-13-21/h4-10,12-16,18,20,24,26H,3,11,17,19H2,1-2H3,(H,31,34)/t20-,24+,26+/m1/s1. The number of benzene rings is 3. The summed E-state index contributed by atoms with van der Waals surface area (Å²) in [5.41, 5.74) is 4.03. The maximum absolute atomic E-state index is 14.0. The van der Waals surface area contributed by atoms with Gasteiger partial charge in [-0.2, -0.15) is 0 Å². The average Bonchev–Trinajstić information content (AvgIpc) is 3.59. The molecule has 1 fully saturated rings. The van der Waals surface area contributed by atoms with Crippen LogP contribution < -0.4 is 5.32 Å². The lowest BCUT2D eigenvalue weighted by Crippen LogP contribution is -2.44. The number of hydrogen-bond acceptors (Lipinski definition) is 4. The van der Waals surface area contributed by atoms with E-state index in [1.165, 1.54) is 0 Å². The number of aromatic nitrogens is 1. The molecule has 6 heteroatoms. The van der Waals surface area contributed by atoms with E-state index in [9.17, 15) is 9.59 Å². The highest BCUT2D eigenvalue weighted by atomic mass is 32.1. The van der Waals surface area contributed by atoms with Crippen LogP contribution in [0.15, 0.2) is 78.9 Å². The van der Waals surface area contributed by atoms with E-state index >= 15 is 0 Å². The summed E-state index contributed by atoms with van der Waals surface area (Å²) in [5, 5.41) is 4.00. The summed E-state index contributed by atoms with van der Waals surface area (Å²) in [6.45, 7) is 4.54. The number of para-hydroxylation sites is 1. The molecule has 0 saturated carbocycles. The van der Waals surface area contributed by atoms with Gasteiger partial charge in [0.15, 0.2) is 0 Å². The van der Waals surface area contributed by atoms with Crippen LogP contribution in [0.25, 0.3) is 21.3 Å². The van der Waals surface area contributed by atoms with Gasteiger partial charge in [0.1, 0.15) is 11.0 Å². The molecule has 1 aliphatic heterocycles. The molecule has 3 atom stereocenters. The third-order valence-electron chi connectivity index (χ3n) is 7.07. The number of amides is 2. The van der Waals surface area contributed by atoms with Gasteiger partial charge in [0.05, 0.1) is 16.3 Å². The number of nitrogens with zero attached hydrogens (tertiary/aromatic N) is 2. The molecule has 1 N–H and O–H groups in total. The fourth-order valence-electron chi connectivity index (χ4n) is 4.81. The van der Waals surface area contributed by atoms with Gasteiger partial charge in [-0.3, -0.25) is 9.59 Å². The van der Waals surface area contributed by atoms with Crippen LogP contribution in [0, 0.1) is 5.92 Å². The highest BCUT2D eigenvalue weighted by Crippen LogP contribution is 2.40. The third-order valence-corrected chi connectivity index (χ3v) is 8.19. The largest absolute Gasteiger partial charge is 0.340 e. The summed E-state index contributed by atoms with van der Waals surface area (Å²) in [4.78, 5) is 33.8. The van der Waals surface area contributed by atoms with Crippen molar-refractivity contribution in [1.29, 1.82) is 0 Å². The Labute approximate surface area is 216 Å². The van der Waals surface area contributed by atoms with E-state index in [2.05, 4.69) is 35.6 Å². The second-order valence-corrected chi connectivity index (χ2v) is 10.5. The lowest BCUT2D eigenvalue weighted by atomic mass is 10.0. The number of thiazole rings is 1. The monoisotopic (exact) mass is 497 g/mol. The molecule has 0 radical (unpaired) electrons. The van der Waals surface area contributed by atoms with Crippen LogP contribution in [-0.4, -0.2) is 28.2 Å². The van der Waals surface area contributed by atoms with Gasteiger partial charge in [-0.25, -0.2) is 4.98 Å². The average molecular weight is 498 g/mol. The Bertz CT molecular complexity index is 1350. The van der Waals surface area contributed by atoms with Crippen LogP contribution in [-0.2, 0) is 9.59 Å². The van der Waals surface area contributed by atoms with E-state index in [-0.39, 0.29) is 23.8 Å². The summed E-state index contributed by atoms with van der Waals surface area (Å²) in [6.07, 6.45) is 2.51. The minimum Gasteiger partial charge on any atom is -0.340 e. The minimum absolute atomic E-state index is 0.0668. The van der Waals surface area contributed by atoms with Crippen molar-refractivity contribution in [3.05, 3.63) is 89.4 Å². The quantitative estimate of drug-likeness (QED) is 0.316. The summed E-state index contributed by atoms with van der Waals surface area (Å²) >= 11 is 1.66. The van der Waals surface area contributed by atoms with Crippen LogP contribution in [0.4, 0.5) is 0 Å². The number of fused-ring (bicyclic) bond motifs is 1. The molecule has 1 saturated heterocycles. The Morgan fingerprint density at radius 2 is 1.75 bits per heavy atom. The SMILES string of the molecule is CC[C@@H](C)C(=O)N[C@H](C(=O)N1CCC[C@H]1c1nc2c(-c3ccccc3)cccc2s1)c1ccccc1. The van der Waals surface area contributed by atoms with Crippen LogP contribution in [0.5, 0.6) is 0 Å². The number of carbonyl (C=O) groups is 2. The zero-order valence-corrected chi connectivity index (χ0v) is 21.5. The Morgan fingerprint density at radius 1 is 1.03 bits per heavy atom. The maximum atomic E-state index is 14.0. The molecule has 1 aromatic heterocycles. The van der Waals surface area contributed by atoms with E-state index in [1.54, 1.807) is 11.3 Å².